The molecule has 0 aliphatic heterocycles. The van der Waals surface area contributed by atoms with Gasteiger partial charge in [0, 0.05) is 11.3 Å². The molecule has 0 fully saturated rings. The van der Waals surface area contributed by atoms with Crippen LogP contribution in [0.25, 0.3) is 11.1 Å². The van der Waals surface area contributed by atoms with Gasteiger partial charge in [0.1, 0.15) is 0 Å². The first-order valence-corrected chi connectivity index (χ1v) is 10.0. The third-order valence-electron chi connectivity index (χ3n) is 6.38. The Morgan fingerprint density at radius 3 is 1.96 bits per heavy atom. The molecule has 4 rings (SSSR count). The van der Waals surface area contributed by atoms with Crippen LogP contribution in [0.4, 0.5) is 0 Å². The van der Waals surface area contributed by atoms with E-state index in [1.165, 1.54) is 38.9 Å². The Bertz CT molecular complexity index is 981. The number of fused-ring (bicyclic) bond motifs is 3. The highest BCUT2D eigenvalue weighted by molar-refractivity contribution is 5.81. The van der Waals surface area contributed by atoms with Crippen LogP contribution in [-0.2, 0) is 10.8 Å². The van der Waals surface area contributed by atoms with Crippen molar-refractivity contribution in [3.63, 3.8) is 0 Å². The number of hydrogen-bond donors (Lipinski definition) is 0. The van der Waals surface area contributed by atoms with Crippen molar-refractivity contribution in [1.29, 1.82) is 0 Å². The maximum Gasteiger partial charge on any atom is 0.0158 e. The first kappa shape index (κ1) is 18.0. The van der Waals surface area contributed by atoms with E-state index in [1.807, 2.05) is 0 Å². The average Bonchev–Trinajstić information content (AvgIpc) is 2.88. The van der Waals surface area contributed by atoms with Crippen molar-refractivity contribution >= 4 is 0 Å². The molecule has 0 saturated heterocycles. The van der Waals surface area contributed by atoms with E-state index in [-0.39, 0.29) is 10.8 Å². The summed E-state index contributed by atoms with van der Waals surface area (Å²) < 4.78 is 0. The topological polar surface area (TPSA) is 0 Å². The summed E-state index contributed by atoms with van der Waals surface area (Å²) in [6.07, 6.45) is 0. The molecule has 0 bridgehead atoms. The minimum absolute atomic E-state index is 0.0672. The first-order chi connectivity index (χ1) is 12.7. The normalized spacial score (nSPS) is 15.9. The molecular formula is C27H30. The third-order valence-corrected chi connectivity index (χ3v) is 6.38. The quantitative estimate of drug-likeness (QED) is 0.448. The molecule has 0 heterocycles. The van der Waals surface area contributed by atoms with Crippen LogP contribution < -0.4 is 0 Å². The minimum Gasteiger partial charge on any atom is -0.0619 e. The molecule has 3 aromatic carbocycles. The number of hydrogen-bond acceptors (Lipinski definition) is 0. The van der Waals surface area contributed by atoms with Crippen molar-refractivity contribution in [2.45, 2.75) is 58.3 Å². The molecule has 0 saturated carbocycles. The Labute approximate surface area is 164 Å². The summed E-state index contributed by atoms with van der Waals surface area (Å²) in [5.74, 6) is 0.392. The van der Waals surface area contributed by atoms with Crippen LogP contribution in [0.15, 0.2) is 66.7 Å². The van der Waals surface area contributed by atoms with Gasteiger partial charge in [-0.2, -0.15) is 0 Å². The molecule has 0 N–H and O–H groups in total. The molecule has 138 valence electrons. The number of benzene rings is 3. The monoisotopic (exact) mass is 354 g/mol. The molecule has 0 nitrogen and oxygen atoms in total. The fourth-order valence-corrected chi connectivity index (χ4v) is 4.46. The van der Waals surface area contributed by atoms with E-state index >= 15 is 0 Å². The molecule has 27 heavy (non-hydrogen) atoms. The van der Waals surface area contributed by atoms with Gasteiger partial charge in [0.25, 0.3) is 0 Å². The Morgan fingerprint density at radius 2 is 1.30 bits per heavy atom. The van der Waals surface area contributed by atoms with E-state index in [4.69, 9.17) is 0 Å². The van der Waals surface area contributed by atoms with Gasteiger partial charge >= 0.3 is 0 Å². The van der Waals surface area contributed by atoms with Crippen LogP contribution in [0.1, 0.15) is 75.3 Å². The van der Waals surface area contributed by atoms with Gasteiger partial charge < -0.3 is 0 Å². The Hall–Kier alpha value is -2.34. The number of rotatable bonds is 2. The van der Waals surface area contributed by atoms with Crippen molar-refractivity contribution in [3.05, 3.63) is 94.5 Å². The Kier molecular flexibility index (Phi) is 4.07. The van der Waals surface area contributed by atoms with Gasteiger partial charge in [-0.15, -0.1) is 0 Å². The molecule has 0 heteroatoms. The lowest BCUT2D eigenvalue weighted by atomic mass is 9.80. The van der Waals surface area contributed by atoms with E-state index in [1.54, 1.807) is 0 Å². The van der Waals surface area contributed by atoms with E-state index in [0.717, 1.165) is 0 Å². The fourth-order valence-electron chi connectivity index (χ4n) is 4.46. The predicted octanol–water partition coefficient (Wildman–Crippen LogP) is 7.44. The summed E-state index contributed by atoms with van der Waals surface area (Å²) in [6.45, 7) is 13.8. The highest BCUT2D eigenvalue weighted by Gasteiger charge is 2.35. The van der Waals surface area contributed by atoms with E-state index in [2.05, 4.69) is 108 Å². The molecule has 3 aromatic rings. The minimum atomic E-state index is 0.0672. The van der Waals surface area contributed by atoms with Crippen molar-refractivity contribution in [3.8, 4) is 11.1 Å². The standard InChI is InChI=1S/C27H30/c1-18(19-11-14-21(15-12-19)26(2,3)4)20-13-16-23-22-9-7-8-10-24(22)27(5,6)25(23)17-20/h7-18H,1-6H3. The summed E-state index contributed by atoms with van der Waals surface area (Å²) in [4.78, 5) is 0. The molecular weight excluding hydrogens is 324 g/mol. The summed E-state index contributed by atoms with van der Waals surface area (Å²) in [6, 6.07) is 25.1. The smallest absolute Gasteiger partial charge is 0.0158 e. The highest BCUT2D eigenvalue weighted by Crippen LogP contribution is 2.49. The third kappa shape index (κ3) is 2.92. The largest absolute Gasteiger partial charge is 0.0619 e. The first-order valence-electron chi connectivity index (χ1n) is 10.0. The summed E-state index contributed by atoms with van der Waals surface area (Å²) in [7, 11) is 0. The van der Waals surface area contributed by atoms with Gasteiger partial charge in [-0.25, -0.2) is 0 Å². The van der Waals surface area contributed by atoms with Crippen LogP contribution in [0, 0.1) is 0 Å². The van der Waals surface area contributed by atoms with E-state index in [9.17, 15) is 0 Å². The second-order valence-corrected chi connectivity index (χ2v) is 9.57. The van der Waals surface area contributed by atoms with Gasteiger partial charge in [0.05, 0.1) is 0 Å². The van der Waals surface area contributed by atoms with Crippen molar-refractivity contribution in [1.82, 2.24) is 0 Å². The highest BCUT2D eigenvalue weighted by atomic mass is 14.4. The van der Waals surface area contributed by atoms with Gasteiger partial charge in [-0.05, 0) is 44.4 Å². The van der Waals surface area contributed by atoms with Crippen LogP contribution in [0.3, 0.4) is 0 Å². The second-order valence-electron chi connectivity index (χ2n) is 9.57. The Morgan fingerprint density at radius 1 is 0.704 bits per heavy atom. The van der Waals surface area contributed by atoms with Gasteiger partial charge in [0.15, 0.2) is 0 Å². The summed E-state index contributed by atoms with van der Waals surface area (Å²) >= 11 is 0. The second kappa shape index (κ2) is 6.09. The Balaban J connectivity index is 1.72. The molecule has 0 aromatic heterocycles. The summed E-state index contributed by atoms with van der Waals surface area (Å²) in [5, 5.41) is 0. The van der Waals surface area contributed by atoms with E-state index < -0.39 is 0 Å². The molecule has 1 aliphatic carbocycles. The van der Waals surface area contributed by atoms with Gasteiger partial charge in [-0.3, -0.25) is 0 Å². The predicted molar refractivity (Wildman–Crippen MR) is 117 cm³/mol. The molecule has 0 amide bonds. The lowest BCUT2D eigenvalue weighted by molar-refractivity contribution is 0.590. The molecule has 1 atom stereocenters. The van der Waals surface area contributed by atoms with Crippen LogP contribution in [0.2, 0.25) is 0 Å². The molecule has 1 aliphatic rings. The van der Waals surface area contributed by atoms with Gasteiger partial charge in [-0.1, -0.05) is 108 Å². The zero-order valence-corrected chi connectivity index (χ0v) is 17.4. The van der Waals surface area contributed by atoms with Crippen LogP contribution in [-0.4, -0.2) is 0 Å². The SMILES string of the molecule is CC(c1ccc(C(C)(C)C)cc1)c1ccc2c(c1)C(C)(C)c1ccccc1-2. The van der Waals surface area contributed by atoms with Crippen LogP contribution >= 0.6 is 0 Å². The fraction of sp³-hybridized carbons (Fsp3) is 0.333. The zero-order chi connectivity index (χ0) is 19.4. The van der Waals surface area contributed by atoms with Gasteiger partial charge in [0.2, 0.25) is 0 Å². The van der Waals surface area contributed by atoms with Crippen molar-refractivity contribution in [2.24, 2.45) is 0 Å². The molecule has 1 unspecified atom stereocenters. The lowest BCUT2D eigenvalue weighted by Gasteiger charge is -2.23. The maximum atomic E-state index is 2.44. The van der Waals surface area contributed by atoms with Crippen molar-refractivity contribution in [2.75, 3.05) is 0 Å². The van der Waals surface area contributed by atoms with E-state index in [0.29, 0.717) is 5.92 Å². The molecule has 0 spiro atoms. The average molecular weight is 355 g/mol. The zero-order valence-electron chi connectivity index (χ0n) is 17.4. The van der Waals surface area contributed by atoms with Crippen molar-refractivity contribution < 1.29 is 0 Å². The molecule has 0 radical (unpaired) electrons. The van der Waals surface area contributed by atoms with Crippen LogP contribution in [0.5, 0.6) is 0 Å². The maximum absolute atomic E-state index is 2.44. The summed E-state index contributed by atoms with van der Waals surface area (Å²) in [5.41, 5.74) is 10.1. The lowest BCUT2D eigenvalue weighted by Crippen LogP contribution is -2.15.